The van der Waals surface area contributed by atoms with Crippen LogP contribution in [0.25, 0.3) is 11.1 Å². The van der Waals surface area contributed by atoms with E-state index in [1.165, 1.54) is 4.90 Å². The molecule has 2 amide bonds. The molecule has 1 atom stereocenters. The number of amides is 2. The Morgan fingerprint density at radius 3 is 1.85 bits per heavy atom. The van der Waals surface area contributed by atoms with E-state index < -0.39 is 30.6 Å². The van der Waals surface area contributed by atoms with Crippen LogP contribution in [0.3, 0.4) is 0 Å². The highest BCUT2D eigenvalue weighted by Gasteiger charge is 2.31. The average Bonchev–Trinajstić information content (AvgIpc) is 3.29. The van der Waals surface area contributed by atoms with Crippen molar-refractivity contribution in [3.63, 3.8) is 0 Å². The van der Waals surface area contributed by atoms with Gasteiger partial charge >= 0.3 is 12.1 Å². The molecule has 0 spiro atoms. The van der Waals surface area contributed by atoms with Crippen molar-refractivity contribution in [1.82, 2.24) is 10.2 Å². The first kappa shape index (κ1) is 26.7. The molecule has 0 heterocycles. The van der Waals surface area contributed by atoms with E-state index in [2.05, 4.69) is 17.4 Å². The minimum Gasteiger partial charge on any atom is -0.480 e. The van der Waals surface area contributed by atoms with Crippen molar-refractivity contribution in [2.75, 3.05) is 13.2 Å². The summed E-state index contributed by atoms with van der Waals surface area (Å²) < 4.78 is 5.70. The first-order chi connectivity index (χ1) is 19.5. The van der Waals surface area contributed by atoms with Gasteiger partial charge in [0.05, 0.1) is 0 Å². The summed E-state index contributed by atoms with van der Waals surface area (Å²) in [5.41, 5.74) is 6.03. The fourth-order valence-corrected chi connectivity index (χ4v) is 5.23. The van der Waals surface area contributed by atoms with Crippen LogP contribution in [0.4, 0.5) is 4.79 Å². The Labute approximate surface area is 233 Å². The molecular weight excluding hydrogens is 504 g/mol. The van der Waals surface area contributed by atoms with Gasteiger partial charge in [-0.1, -0.05) is 109 Å². The van der Waals surface area contributed by atoms with Crippen molar-refractivity contribution in [2.45, 2.75) is 24.9 Å². The van der Waals surface area contributed by atoms with E-state index in [1.807, 2.05) is 97.1 Å². The van der Waals surface area contributed by atoms with Gasteiger partial charge in [-0.05, 0) is 33.4 Å². The number of carboxylic acids is 1. The molecule has 5 rings (SSSR count). The van der Waals surface area contributed by atoms with Crippen molar-refractivity contribution < 1.29 is 24.2 Å². The zero-order chi connectivity index (χ0) is 27.9. The molecule has 0 radical (unpaired) electrons. The summed E-state index contributed by atoms with van der Waals surface area (Å²) in [5, 5.41) is 12.3. The molecule has 4 aromatic carbocycles. The van der Waals surface area contributed by atoms with Gasteiger partial charge in [0.2, 0.25) is 5.91 Å². The Bertz CT molecular complexity index is 1440. The molecule has 0 aromatic heterocycles. The van der Waals surface area contributed by atoms with Gasteiger partial charge in [-0.3, -0.25) is 9.59 Å². The standard InChI is InChI=1S/C33H30N2O5/c36-31(37)21-35(20-24-13-5-2-6-14-24)32(38)30(19-23-11-3-1-4-12-23)34-33(39)40-22-29-27-17-9-7-15-25(27)26-16-8-10-18-28(26)29/h1-18,29-30H,19-22H2,(H,34,39)(H,36,37)/t30-/m0/s1. The van der Waals surface area contributed by atoms with Crippen LogP contribution >= 0.6 is 0 Å². The predicted molar refractivity (Wildman–Crippen MR) is 152 cm³/mol. The number of aliphatic carboxylic acids is 1. The molecule has 4 aromatic rings. The number of carbonyl (C=O) groups excluding carboxylic acids is 2. The molecule has 2 N–H and O–H groups in total. The Morgan fingerprint density at radius 1 is 0.750 bits per heavy atom. The summed E-state index contributed by atoms with van der Waals surface area (Å²) in [4.78, 5) is 39.7. The highest BCUT2D eigenvalue weighted by molar-refractivity contribution is 5.88. The van der Waals surface area contributed by atoms with E-state index in [-0.39, 0.29) is 25.5 Å². The molecule has 0 fully saturated rings. The first-order valence-electron chi connectivity index (χ1n) is 13.2. The highest BCUT2D eigenvalue weighted by Crippen LogP contribution is 2.44. The lowest BCUT2D eigenvalue weighted by atomic mass is 9.98. The summed E-state index contributed by atoms with van der Waals surface area (Å²) >= 11 is 0. The van der Waals surface area contributed by atoms with Crippen LogP contribution in [0.1, 0.15) is 28.2 Å². The molecular formula is C33H30N2O5. The molecule has 0 aliphatic heterocycles. The quantitative estimate of drug-likeness (QED) is 0.290. The van der Waals surface area contributed by atoms with E-state index in [0.29, 0.717) is 0 Å². The Morgan fingerprint density at radius 2 is 1.27 bits per heavy atom. The molecule has 1 aliphatic rings. The third kappa shape index (κ3) is 6.21. The monoisotopic (exact) mass is 534 g/mol. The molecule has 1 aliphatic carbocycles. The maximum Gasteiger partial charge on any atom is 0.407 e. The number of benzene rings is 4. The summed E-state index contributed by atoms with van der Waals surface area (Å²) in [6, 6.07) is 33.6. The summed E-state index contributed by atoms with van der Waals surface area (Å²) in [7, 11) is 0. The van der Waals surface area contributed by atoms with Crippen molar-refractivity contribution in [2.24, 2.45) is 0 Å². The van der Waals surface area contributed by atoms with Gasteiger partial charge in [0.15, 0.2) is 0 Å². The average molecular weight is 535 g/mol. The van der Waals surface area contributed by atoms with Gasteiger partial charge in [0.25, 0.3) is 0 Å². The van der Waals surface area contributed by atoms with Crippen LogP contribution in [-0.2, 0) is 27.3 Å². The van der Waals surface area contributed by atoms with Crippen LogP contribution in [0.5, 0.6) is 0 Å². The first-order valence-corrected chi connectivity index (χ1v) is 13.2. The van der Waals surface area contributed by atoms with Crippen LogP contribution < -0.4 is 5.32 Å². The Balaban J connectivity index is 1.33. The van der Waals surface area contributed by atoms with Crippen molar-refractivity contribution in [3.8, 4) is 11.1 Å². The second kappa shape index (κ2) is 12.3. The van der Waals surface area contributed by atoms with Crippen LogP contribution in [0.2, 0.25) is 0 Å². The van der Waals surface area contributed by atoms with Crippen molar-refractivity contribution >= 4 is 18.0 Å². The maximum absolute atomic E-state index is 13.7. The van der Waals surface area contributed by atoms with Gasteiger partial charge in [-0.2, -0.15) is 0 Å². The number of nitrogens with one attached hydrogen (secondary N) is 1. The zero-order valence-electron chi connectivity index (χ0n) is 21.9. The lowest BCUT2D eigenvalue weighted by Crippen LogP contribution is -2.51. The lowest BCUT2D eigenvalue weighted by molar-refractivity contribution is -0.145. The number of hydrogen-bond donors (Lipinski definition) is 2. The number of nitrogens with zero attached hydrogens (tertiary/aromatic N) is 1. The van der Waals surface area contributed by atoms with E-state index >= 15 is 0 Å². The molecule has 7 heteroatoms. The SMILES string of the molecule is O=C(O)CN(Cc1ccccc1)C(=O)[C@H](Cc1ccccc1)NC(=O)OCC1c2ccccc2-c2ccccc21. The predicted octanol–water partition coefficient (Wildman–Crippen LogP) is 5.25. The zero-order valence-corrected chi connectivity index (χ0v) is 21.9. The van der Waals surface area contributed by atoms with Gasteiger partial charge < -0.3 is 20.1 Å². The van der Waals surface area contributed by atoms with Crippen molar-refractivity contribution in [1.29, 1.82) is 0 Å². The number of rotatable bonds is 10. The summed E-state index contributed by atoms with van der Waals surface area (Å²) in [6.45, 7) is -0.288. The minimum atomic E-state index is -1.14. The number of hydrogen-bond acceptors (Lipinski definition) is 4. The van der Waals surface area contributed by atoms with E-state index in [9.17, 15) is 19.5 Å². The number of carbonyl (C=O) groups is 3. The largest absolute Gasteiger partial charge is 0.480 e. The van der Waals surface area contributed by atoms with Gasteiger partial charge in [0, 0.05) is 18.9 Å². The van der Waals surface area contributed by atoms with E-state index in [4.69, 9.17) is 4.74 Å². The molecule has 0 bridgehead atoms. The molecule has 0 saturated heterocycles. The summed E-state index contributed by atoms with van der Waals surface area (Å²) in [6.07, 6.45) is -0.541. The number of carboxylic acid groups (broad SMARTS) is 1. The van der Waals surface area contributed by atoms with Crippen LogP contribution in [0.15, 0.2) is 109 Å². The van der Waals surface area contributed by atoms with Crippen LogP contribution in [0, 0.1) is 0 Å². The minimum absolute atomic E-state index is 0.101. The molecule has 202 valence electrons. The van der Waals surface area contributed by atoms with Crippen molar-refractivity contribution in [3.05, 3.63) is 131 Å². The van der Waals surface area contributed by atoms with Gasteiger partial charge in [-0.25, -0.2) is 4.79 Å². The number of fused-ring (bicyclic) bond motifs is 3. The van der Waals surface area contributed by atoms with E-state index in [1.54, 1.807) is 0 Å². The molecule has 7 nitrogen and oxygen atoms in total. The third-order valence-corrected chi connectivity index (χ3v) is 7.07. The molecule has 0 saturated carbocycles. The van der Waals surface area contributed by atoms with Gasteiger partial charge in [0.1, 0.15) is 19.2 Å². The number of ether oxygens (including phenoxy) is 1. The fraction of sp³-hybridized carbons (Fsp3) is 0.182. The Hall–Kier alpha value is -4.91. The molecule has 0 unspecified atom stereocenters. The smallest absolute Gasteiger partial charge is 0.407 e. The highest BCUT2D eigenvalue weighted by atomic mass is 16.5. The lowest BCUT2D eigenvalue weighted by Gasteiger charge is -2.27. The topological polar surface area (TPSA) is 95.9 Å². The third-order valence-electron chi connectivity index (χ3n) is 7.07. The number of alkyl carbamates (subject to hydrolysis) is 1. The van der Waals surface area contributed by atoms with Crippen LogP contribution in [-0.4, -0.2) is 47.2 Å². The van der Waals surface area contributed by atoms with E-state index in [0.717, 1.165) is 33.4 Å². The molecule has 40 heavy (non-hydrogen) atoms. The fourth-order valence-electron chi connectivity index (χ4n) is 5.23. The van der Waals surface area contributed by atoms with Gasteiger partial charge in [-0.15, -0.1) is 0 Å². The Kier molecular flexibility index (Phi) is 8.21. The summed E-state index contributed by atoms with van der Waals surface area (Å²) in [5.74, 6) is -1.75. The maximum atomic E-state index is 13.7. The second-order valence-electron chi connectivity index (χ2n) is 9.79. The second-order valence-corrected chi connectivity index (χ2v) is 9.79. The normalized spacial score (nSPS) is 12.6.